The molecule has 0 bridgehead atoms. The number of piperidine rings is 1. The Labute approximate surface area is 170 Å². The molecule has 2 fully saturated rings. The lowest BCUT2D eigenvalue weighted by atomic mass is 9.87. The van der Waals surface area contributed by atoms with Gasteiger partial charge in [0.2, 0.25) is 0 Å². The maximum absolute atomic E-state index is 13.0. The fourth-order valence-electron chi connectivity index (χ4n) is 4.79. The monoisotopic (exact) mass is 390 g/mol. The molecule has 0 aliphatic carbocycles. The van der Waals surface area contributed by atoms with Crippen molar-refractivity contribution < 1.29 is 9.53 Å². The van der Waals surface area contributed by atoms with E-state index in [9.17, 15) is 4.79 Å². The predicted molar refractivity (Wildman–Crippen MR) is 112 cm³/mol. The Hall–Kier alpha value is -2.70. The highest BCUT2D eigenvalue weighted by molar-refractivity contribution is 5.98. The molecule has 5 rings (SSSR count). The average molecular weight is 390 g/mol. The number of aromatic amines is 1. The van der Waals surface area contributed by atoms with Gasteiger partial charge in [0, 0.05) is 56.1 Å². The van der Waals surface area contributed by atoms with E-state index in [1.54, 1.807) is 7.11 Å². The second-order valence-corrected chi connectivity index (χ2v) is 8.00. The topological polar surface area (TPSA) is 61.5 Å². The van der Waals surface area contributed by atoms with Gasteiger partial charge in [-0.1, -0.05) is 24.3 Å². The van der Waals surface area contributed by atoms with Gasteiger partial charge in [-0.3, -0.25) is 14.7 Å². The Kier molecular flexibility index (Phi) is 4.81. The average Bonchev–Trinajstić information content (AvgIpc) is 3.18. The SMILES string of the molecule is CO[C@H]1CN(C2CCN(C(=O)c3cc4ccccc4[nH]3)CC2)[C@H]1c1cccnc1. The molecule has 2 aromatic heterocycles. The van der Waals surface area contributed by atoms with Crippen LogP contribution in [0.15, 0.2) is 54.9 Å². The standard InChI is InChI=1S/C23H26N4O2/c1-29-21-15-27(22(21)17-6-4-10-24-14-17)18-8-11-26(12-9-18)23(28)20-13-16-5-2-3-7-19(16)25-20/h2-7,10,13-14,18,21-22,25H,8-9,11-12,15H2,1H3/t21-,22-/m0/s1. The number of para-hydroxylation sites is 1. The van der Waals surface area contributed by atoms with Gasteiger partial charge in [0.15, 0.2) is 0 Å². The van der Waals surface area contributed by atoms with E-state index in [0.717, 1.165) is 43.4 Å². The number of hydrogen-bond acceptors (Lipinski definition) is 4. The molecule has 29 heavy (non-hydrogen) atoms. The quantitative estimate of drug-likeness (QED) is 0.743. The van der Waals surface area contributed by atoms with Crippen molar-refractivity contribution in [3.63, 3.8) is 0 Å². The first-order valence-electron chi connectivity index (χ1n) is 10.3. The number of H-pyrrole nitrogens is 1. The predicted octanol–water partition coefficient (Wildman–Crippen LogP) is 3.24. The number of pyridine rings is 1. The summed E-state index contributed by atoms with van der Waals surface area (Å²) in [6.07, 6.45) is 5.93. The molecule has 2 aliphatic rings. The zero-order chi connectivity index (χ0) is 19.8. The van der Waals surface area contributed by atoms with Crippen LogP contribution in [0.5, 0.6) is 0 Å². The van der Waals surface area contributed by atoms with Crippen LogP contribution in [0.3, 0.4) is 0 Å². The first-order chi connectivity index (χ1) is 14.2. The number of likely N-dealkylation sites (tertiary alicyclic amines) is 2. The summed E-state index contributed by atoms with van der Waals surface area (Å²) in [5.74, 6) is 0.0989. The molecule has 0 radical (unpaired) electrons. The second-order valence-electron chi connectivity index (χ2n) is 8.00. The molecule has 0 unspecified atom stereocenters. The van der Waals surface area contributed by atoms with Gasteiger partial charge in [-0.05, 0) is 36.6 Å². The third kappa shape index (κ3) is 3.32. The Bertz CT molecular complexity index is 961. The van der Waals surface area contributed by atoms with Crippen LogP contribution in [0.2, 0.25) is 0 Å². The van der Waals surface area contributed by atoms with Crippen molar-refractivity contribution in [3.8, 4) is 0 Å². The third-order valence-electron chi connectivity index (χ3n) is 6.41. The highest BCUT2D eigenvalue weighted by Crippen LogP contribution is 2.39. The summed E-state index contributed by atoms with van der Waals surface area (Å²) in [6.45, 7) is 2.51. The van der Waals surface area contributed by atoms with Crippen molar-refractivity contribution in [1.82, 2.24) is 19.8 Å². The fraction of sp³-hybridized carbons (Fsp3) is 0.391. The first kappa shape index (κ1) is 18.3. The summed E-state index contributed by atoms with van der Waals surface area (Å²) in [5, 5.41) is 1.08. The van der Waals surface area contributed by atoms with Gasteiger partial charge in [-0.2, -0.15) is 0 Å². The van der Waals surface area contributed by atoms with Gasteiger partial charge in [0.05, 0.1) is 12.1 Å². The molecule has 2 atom stereocenters. The minimum absolute atomic E-state index is 0.0989. The zero-order valence-electron chi connectivity index (χ0n) is 16.6. The van der Waals surface area contributed by atoms with Crippen LogP contribution in [0.4, 0.5) is 0 Å². The van der Waals surface area contributed by atoms with E-state index in [-0.39, 0.29) is 18.1 Å². The van der Waals surface area contributed by atoms with Gasteiger partial charge in [-0.15, -0.1) is 0 Å². The summed E-state index contributed by atoms with van der Waals surface area (Å²) in [7, 11) is 1.78. The Morgan fingerprint density at radius 1 is 1.17 bits per heavy atom. The molecule has 6 heteroatoms. The molecule has 0 spiro atoms. The van der Waals surface area contributed by atoms with Crippen molar-refractivity contribution in [2.75, 3.05) is 26.7 Å². The Morgan fingerprint density at radius 2 is 2.00 bits per heavy atom. The number of carbonyl (C=O) groups is 1. The first-order valence-corrected chi connectivity index (χ1v) is 10.3. The number of carbonyl (C=O) groups excluding carboxylic acids is 1. The molecule has 150 valence electrons. The van der Waals surface area contributed by atoms with Crippen molar-refractivity contribution in [1.29, 1.82) is 0 Å². The lowest BCUT2D eigenvalue weighted by Crippen LogP contribution is -2.60. The molecule has 6 nitrogen and oxygen atoms in total. The number of fused-ring (bicyclic) bond motifs is 1. The number of hydrogen-bond donors (Lipinski definition) is 1. The van der Waals surface area contributed by atoms with Crippen LogP contribution in [-0.2, 0) is 4.74 Å². The number of nitrogens with one attached hydrogen (secondary N) is 1. The van der Waals surface area contributed by atoms with Crippen LogP contribution >= 0.6 is 0 Å². The van der Waals surface area contributed by atoms with Crippen molar-refractivity contribution in [2.24, 2.45) is 0 Å². The van der Waals surface area contributed by atoms with E-state index in [1.807, 2.05) is 53.7 Å². The summed E-state index contributed by atoms with van der Waals surface area (Å²) in [4.78, 5) is 25.0. The van der Waals surface area contributed by atoms with Crippen LogP contribution in [0.25, 0.3) is 10.9 Å². The van der Waals surface area contributed by atoms with E-state index in [1.165, 1.54) is 5.56 Å². The van der Waals surface area contributed by atoms with Crippen LogP contribution in [-0.4, -0.2) is 64.6 Å². The van der Waals surface area contributed by atoms with Gasteiger partial charge in [0.1, 0.15) is 5.69 Å². The summed E-state index contributed by atoms with van der Waals surface area (Å²) in [6, 6.07) is 14.8. The number of rotatable bonds is 4. The Morgan fingerprint density at radius 3 is 2.72 bits per heavy atom. The maximum atomic E-state index is 13.0. The van der Waals surface area contributed by atoms with E-state index in [0.29, 0.717) is 11.7 Å². The third-order valence-corrected chi connectivity index (χ3v) is 6.41. The molecule has 1 N–H and O–H groups in total. The normalized spacial score (nSPS) is 23.3. The smallest absolute Gasteiger partial charge is 0.270 e. The largest absolute Gasteiger partial charge is 0.378 e. The molecular formula is C23H26N4O2. The molecule has 0 saturated carbocycles. The molecule has 3 aromatic rings. The lowest BCUT2D eigenvalue weighted by Gasteiger charge is -2.52. The van der Waals surface area contributed by atoms with Gasteiger partial charge < -0.3 is 14.6 Å². The van der Waals surface area contributed by atoms with E-state index in [4.69, 9.17) is 4.74 Å². The summed E-state index contributed by atoms with van der Waals surface area (Å²) >= 11 is 0. The second kappa shape index (κ2) is 7.61. The van der Waals surface area contributed by atoms with Crippen LogP contribution in [0, 0.1) is 0 Å². The van der Waals surface area contributed by atoms with Gasteiger partial charge in [0.25, 0.3) is 5.91 Å². The number of benzene rings is 1. The van der Waals surface area contributed by atoms with Gasteiger partial charge >= 0.3 is 0 Å². The van der Waals surface area contributed by atoms with E-state index < -0.39 is 0 Å². The molecule has 1 aromatic carbocycles. The summed E-state index contributed by atoms with van der Waals surface area (Å²) < 4.78 is 5.68. The Balaban J connectivity index is 1.25. The number of amides is 1. The number of ether oxygens (including phenoxy) is 1. The minimum atomic E-state index is 0.0989. The fourth-order valence-corrected chi connectivity index (χ4v) is 4.79. The highest BCUT2D eigenvalue weighted by Gasteiger charge is 2.44. The van der Waals surface area contributed by atoms with E-state index in [2.05, 4.69) is 20.9 Å². The molecule has 4 heterocycles. The number of aromatic nitrogens is 2. The van der Waals surface area contributed by atoms with E-state index >= 15 is 0 Å². The maximum Gasteiger partial charge on any atom is 0.270 e. The number of methoxy groups -OCH3 is 1. The van der Waals surface area contributed by atoms with Crippen molar-refractivity contribution >= 4 is 16.8 Å². The molecule has 2 aliphatic heterocycles. The summed E-state index contributed by atoms with van der Waals surface area (Å²) in [5.41, 5.74) is 2.90. The molecule has 2 saturated heterocycles. The van der Waals surface area contributed by atoms with Crippen LogP contribution < -0.4 is 0 Å². The highest BCUT2D eigenvalue weighted by atomic mass is 16.5. The van der Waals surface area contributed by atoms with Crippen molar-refractivity contribution in [3.05, 3.63) is 66.1 Å². The van der Waals surface area contributed by atoms with Gasteiger partial charge in [-0.25, -0.2) is 0 Å². The van der Waals surface area contributed by atoms with Crippen molar-refractivity contribution in [2.45, 2.75) is 31.0 Å². The molecular weight excluding hydrogens is 364 g/mol. The lowest BCUT2D eigenvalue weighted by molar-refractivity contribution is -0.115. The van der Waals surface area contributed by atoms with Crippen LogP contribution in [0.1, 0.15) is 34.9 Å². The zero-order valence-corrected chi connectivity index (χ0v) is 16.6. The minimum Gasteiger partial charge on any atom is -0.378 e. The molecule has 1 amide bonds. The number of nitrogens with zero attached hydrogens (tertiary/aromatic N) is 3.